The number of fused-ring (bicyclic) bond motifs is 1. The van der Waals surface area contributed by atoms with Crippen LogP contribution in [0.3, 0.4) is 0 Å². The maximum atomic E-state index is 15.7. The zero-order valence-electron chi connectivity index (χ0n) is 64.0. The molecule has 1 aliphatic carbocycles. The highest BCUT2D eigenvalue weighted by Gasteiger charge is 2.40. The van der Waals surface area contributed by atoms with E-state index in [1.165, 1.54) is 26.0 Å². The quantitative estimate of drug-likeness (QED) is 0.0104. The summed E-state index contributed by atoms with van der Waals surface area (Å²) in [4.78, 5) is 145. The largest absolute Gasteiger partial charge is 0.508 e. The standard InChI is InChI=1S/C85H107N9O14S3/c1-7-26-74(100)87-46-24-38-72(98)75(55(2)95)93-81(105)71-54-111-110-53-70(91-79(103)68(50-57-27-12-8-13-28-57)86-47-25-48-109-85(62-30-14-9-15-31-62,63-32-16-10-17-33-63)64-34-18-11-19-35-64)73(99)52-61(49-58-39-43-65(97)44-40-58)77(101)90-69(51-60-42-41-59-29-20-21-36-66(59)60)80(104)89-67(78(102)94-76(56(3)96)82(106)92-71)37-22-23-45-88-83(107)108-84(4,5)6/h8-21,27-36,39-40,42-44,55-56,61,67-71,75-76,86,95-97H,7,22-26,37-38,41,45-54H2,1-6H3,(H,87,100)(H,88,107)(H,89,104)(H,90,101)(H,91,103)(H,92,106)(H,93,105)(H,94,102)/t55-,56-,61-,67+,68-,69-,70+,71+,75+,76+/m1/s1. The van der Waals surface area contributed by atoms with Crippen LogP contribution in [0.15, 0.2) is 176 Å². The van der Waals surface area contributed by atoms with Crippen LogP contribution in [0.2, 0.25) is 0 Å². The minimum atomic E-state index is -1.81. The van der Waals surface area contributed by atoms with E-state index in [-0.39, 0.29) is 94.0 Å². The molecule has 1 heterocycles. The van der Waals surface area contributed by atoms with Crippen molar-refractivity contribution in [1.29, 1.82) is 0 Å². The fraction of sp³-hybridized carbons (Fsp3) is 0.435. The molecular formula is C85H107N9O14S3. The number of alkyl carbamates (subject to hydrolysis) is 1. The summed E-state index contributed by atoms with van der Waals surface area (Å²) in [6, 6.07) is 44.0. The number of benzene rings is 6. The van der Waals surface area contributed by atoms with Gasteiger partial charge in [-0.3, -0.25) is 43.2 Å². The van der Waals surface area contributed by atoms with Crippen molar-refractivity contribution < 1.29 is 68.0 Å². The van der Waals surface area contributed by atoms with Crippen LogP contribution < -0.4 is 47.9 Å². The number of thioether (sulfide) groups is 1. The van der Waals surface area contributed by atoms with Crippen LogP contribution in [0.1, 0.15) is 145 Å². The summed E-state index contributed by atoms with van der Waals surface area (Å²) < 4.78 is 4.80. The number of hydrogen-bond acceptors (Lipinski definition) is 18. The molecule has 0 spiro atoms. The number of rotatable bonds is 33. The second-order valence-corrected chi connectivity index (χ2v) is 32.9. The van der Waals surface area contributed by atoms with Gasteiger partial charge in [0, 0.05) is 56.2 Å². The van der Waals surface area contributed by atoms with Gasteiger partial charge in [0.25, 0.3) is 0 Å². The number of carbonyl (C=O) groups excluding carboxylic acids is 10. The highest BCUT2D eigenvalue weighted by atomic mass is 33.1. The molecule has 6 aromatic rings. The summed E-state index contributed by atoms with van der Waals surface area (Å²) in [6.07, 6.45) is 0.00372. The third-order valence-corrected chi connectivity index (χ3v) is 23.2. The van der Waals surface area contributed by atoms with E-state index in [1.54, 1.807) is 44.7 Å². The van der Waals surface area contributed by atoms with Gasteiger partial charge in [-0.05, 0) is 161 Å². The fourth-order valence-electron chi connectivity index (χ4n) is 13.3. The molecule has 1 aliphatic heterocycles. The number of aromatic hydroxyl groups is 1. The van der Waals surface area contributed by atoms with Gasteiger partial charge >= 0.3 is 6.09 Å². The lowest BCUT2D eigenvalue weighted by atomic mass is 9.84. The second kappa shape index (κ2) is 44.1. The lowest BCUT2D eigenvalue weighted by Crippen LogP contribution is -2.62. The molecule has 10 atom stereocenters. The summed E-state index contributed by atoms with van der Waals surface area (Å²) in [5, 5.41) is 58.6. The molecule has 8 rings (SSSR count). The van der Waals surface area contributed by atoms with Crippen LogP contribution in [0.25, 0.3) is 5.57 Å². The van der Waals surface area contributed by atoms with E-state index in [0.29, 0.717) is 42.7 Å². The van der Waals surface area contributed by atoms with E-state index in [9.17, 15) is 44.1 Å². The van der Waals surface area contributed by atoms with Gasteiger partial charge in [-0.15, -0.1) is 11.8 Å². The van der Waals surface area contributed by atoms with E-state index >= 15 is 19.2 Å². The molecule has 111 heavy (non-hydrogen) atoms. The Hall–Kier alpha value is -9.31. The van der Waals surface area contributed by atoms with Gasteiger partial charge in [0.05, 0.1) is 29.0 Å². The molecule has 1 saturated heterocycles. The van der Waals surface area contributed by atoms with Gasteiger partial charge in [0.2, 0.25) is 41.4 Å². The van der Waals surface area contributed by atoms with E-state index < -0.39 is 130 Å². The molecule has 2 aliphatic rings. The zero-order chi connectivity index (χ0) is 79.9. The lowest BCUT2D eigenvalue weighted by Gasteiger charge is -2.35. The highest BCUT2D eigenvalue weighted by Crippen LogP contribution is 2.48. The topological polar surface area (TPSA) is 349 Å². The molecule has 6 aromatic carbocycles. The Bertz CT molecular complexity index is 3980. The van der Waals surface area contributed by atoms with Crippen LogP contribution in [0, 0.1) is 5.92 Å². The monoisotopic (exact) mass is 1570 g/mol. The Labute approximate surface area is 663 Å². The van der Waals surface area contributed by atoms with E-state index in [0.717, 1.165) is 55.0 Å². The third-order valence-electron chi connectivity index (χ3n) is 19.1. The number of nitrogens with one attached hydrogen (secondary N) is 9. The Balaban J connectivity index is 1.15. The summed E-state index contributed by atoms with van der Waals surface area (Å²) in [7, 11) is 2.05. The predicted molar refractivity (Wildman–Crippen MR) is 436 cm³/mol. The summed E-state index contributed by atoms with van der Waals surface area (Å²) in [5.41, 5.74) is 6.35. The molecule has 1 fully saturated rings. The first kappa shape index (κ1) is 87.3. The molecule has 8 amide bonds. The van der Waals surface area contributed by atoms with Crippen LogP contribution in [-0.2, 0) is 71.9 Å². The maximum absolute atomic E-state index is 15.7. The van der Waals surface area contributed by atoms with Crippen LogP contribution >= 0.6 is 33.3 Å². The van der Waals surface area contributed by atoms with Gasteiger partial charge in [0.15, 0.2) is 11.6 Å². The van der Waals surface area contributed by atoms with Gasteiger partial charge < -0.3 is 67.9 Å². The van der Waals surface area contributed by atoms with Crippen LogP contribution in [0.4, 0.5) is 4.79 Å². The Kier molecular flexibility index (Phi) is 34.6. The van der Waals surface area contributed by atoms with Crippen molar-refractivity contribution in [2.45, 2.75) is 190 Å². The van der Waals surface area contributed by atoms with Crippen molar-refractivity contribution >= 4 is 97.9 Å². The van der Waals surface area contributed by atoms with Crippen molar-refractivity contribution in [2.75, 3.05) is 36.9 Å². The van der Waals surface area contributed by atoms with Crippen LogP contribution in [0.5, 0.6) is 5.75 Å². The first-order valence-corrected chi connectivity index (χ1v) is 41.6. The first-order chi connectivity index (χ1) is 53.3. The summed E-state index contributed by atoms with van der Waals surface area (Å²) in [6.45, 7) is 10.1. The molecule has 0 unspecified atom stereocenters. The molecule has 0 saturated carbocycles. The molecule has 0 bridgehead atoms. The zero-order valence-corrected chi connectivity index (χ0v) is 66.5. The Morgan fingerprint density at radius 1 is 0.622 bits per heavy atom. The number of ketones is 2. The molecule has 12 N–H and O–H groups in total. The first-order valence-electron chi connectivity index (χ1n) is 38.2. The Morgan fingerprint density at radius 3 is 1.84 bits per heavy atom. The number of unbranched alkanes of at least 4 members (excludes halogenated alkanes) is 1. The number of aliphatic hydroxyl groups is 2. The predicted octanol–water partition coefficient (Wildman–Crippen LogP) is 8.88. The van der Waals surface area contributed by atoms with Crippen molar-refractivity contribution in [1.82, 2.24) is 47.9 Å². The van der Waals surface area contributed by atoms with Gasteiger partial charge in [-0.2, -0.15) is 0 Å². The number of hydrogen-bond donors (Lipinski definition) is 12. The fourth-order valence-corrected chi connectivity index (χ4v) is 17.2. The van der Waals surface area contributed by atoms with Crippen molar-refractivity contribution in [2.24, 2.45) is 5.92 Å². The van der Waals surface area contributed by atoms with Crippen molar-refractivity contribution in [3.05, 3.63) is 215 Å². The van der Waals surface area contributed by atoms with Crippen molar-refractivity contribution in [3.63, 3.8) is 0 Å². The van der Waals surface area contributed by atoms with Gasteiger partial charge in [0.1, 0.15) is 41.6 Å². The third kappa shape index (κ3) is 27.3. The van der Waals surface area contributed by atoms with Gasteiger partial charge in [-0.1, -0.05) is 192 Å². The number of amides is 8. The normalized spacial score (nSPS) is 19.4. The Morgan fingerprint density at radius 2 is 1.22 bits per heavy atom. The number of phenols is 1. The average Bonchev–Trinajstić information content (AvgIpc) is 1.30. The van der Waals surface area contributed by atoms with Crippen molar-refractivity contribution in [3.8, 4) is 5.75 Å². The van der Waals surface area contributed by atoms with Gasteiger partial charge in [-0.25, -0.2) is 4.79 Å². The smallest absolute Gasteiger partial charge is 0.407 e. The maximum Gasteiger partial charge on any atom is 0.407 e. The summed E-state index contributed by atoms with van der Waals surface area (Å²) >= 11 is 1.78. The number of allylic oxidation sites excluding steroid dienone is 1. The number of carbonyl (C=O) groups is 10. The van der Waals surface area contributed by atoms with E-state index in [4.69, 9.17) is 4.74 Å². The highest BCUT2D eigenvalue weighted by molar-refractivity contribution is 8.76. The molecule has 0 radical (unpaired) electrons. The SMILES string of the molecule is CCCC(=O)NCCCC(=O)[C@@H](NC(=O)[C@@H]1CSSC[C@H](NC(=O)[C@@H](Cc2ccccc2)NCCCSC(c2ccccc2)(c2ccccc2)c2ccccc2)C(=O)C[C@@H](Cc2ccc(O)cc2)C(=O)N[C@H](CC2=CCc3ccccc32)C(=O)N[C@@H](CCCCNC(=O)OC(C)(C)C)C(=O)N[C@@H]([C@@H](C)O)C(=O)N1)[C@@H](C)O. The molecule has 23 nitrogen and oxygen atoms in total. The van der Waals surface area contributed by atoms with E-state index in [1.807, 2.05) is 122 Å². The number of phenolic OH excluding ortho intramolecular Hbond substituents is 1. The molecule has 0 aromatic heterocycles. The molecular weight excluding hydrogens is 1470 g/mol. The molecule has 26 heteroatoms. The van der Waals surface area contributed by atoms with Crippen LogP contribution in [-0.4, -0.2) is 171 Å². The number of aliphatic hydroxyl groups excluding tert-OH is 2. The lowest BCUT2D eigenvalue weighted by molar-refractivity contribution is -0.137. The van der Waals surface area contributed by atoms with E-state index in [2.05, 4.69) is 84.2 Å². The minimum Gasteiger partial charge on any atom is -0.508 e. The second-order valence-electron chi connectivity index (χ2n) is 29.1. The average molecular weight is 1580 g/mol. The molecule has 594 valence electrons. The summed E-state index contributed by atoms with van der Waals surface area (Å²) in [5.74, 6) is -7.60. The number of ether oxygens (including phenoxy) is 1. The number of Topliss-reactive ketones (excluding diaryl/α,β-unsaturated/α-hetero) is 2. The minimum absolute atomic E-state index is 0.0548.